The van der Waals surface area contributed by atoms with Gasteiger partial charge >= 0.3 is 18.1 Å². The van der Waals surface area contributed by atoms with E-state index in [4.69, 9.17) is 4.74 Å². The lowest BCUT2D eigenvalue weighted by atomic mass is 9.94. The number of rotatable bonds is 11. The van der Waals surface area contributed by atoms with E-state index < -0.39 is 24.2 Å². The monoisotopic (exact) mass is 691 g/mol. The normalized spacial score (nSPS) is 19.9. The molecule has 2 aromatic carbocycles. The van der Waals surface area contributed by atoms with E-state index in [1.165, 1.54) is 0 Å². The van der Waals surface area contributed by atoms with Gasteiger partial charge in [-0.05, 0) is 101 Å². The zero-order chi connectivity index (χ0) is 35.9. The van der Waals surface area contributed by atoms with E-state index >= 15 is 0 Å². The number of carbonyl (C=O) groups excluding carboxylic acids is 3. The van der Waals surface area contributed by atoms with Gasteiger partial charge in [-0.15, -0.1) is 0 Å². The molecule has 2 fully saturated rings. The summed E-state index contributed by atoms with van der Waals surface area (Å²) < 4.78 is 6.04. The molecule has 3 aliphatic rings. The van der Waals surface area contributed by atoms with Crippen molar-refractivity contribution in [3.63, 3.8) is 0 Å². The fraction of sp³-hybridized carbons (Fsp3) is 0.579. The van der Waals surface area contributed by atoms with Crippen molar-refractivity contribution in [2.75, 3.05) is 44.6 Å². The van der Waals surface area contributed by atoms with Crippen molar-refractivity contribution in [3.8, 4) is 5.75 Å². The highest BCUT2D eigenvalue weighted by atomic mass is 16.6. The van der Waals surface area contributed by atoms with Gasteiger partial charge in [-0.2, -0.15) is 0 Å². The number of aliphatic carboxylic acids is 1. The maximum atomic E-state index is 14.1. The molecule has 3 heterocycles. The molecule has 4 amide bonds. The molecule has 5 rings (SSSR count). The molecule has 0 bridgehead atoms. The van der Waals surface area contributed by atoms with Gasteiger partial charge in [-0.1, -0.05) is 36.8 Å². The van der Waals surface area contributed by atoms with Gasteiger partial charge in [0.1, 0.15) is 11.8 Å². The summed E-state index contributed by atoms with van der Waals surface area (Å²) in [6, 6.07) is 10.7. The van der Waals surface area contributed by atoms with E-state index in [-0.39, 0.29) is 36.2 Å². The van der Waals surface area contributed by atoms with Crippen LogP contribution in [0.5, 0.6) is 5.75 Å². The number of piperidine rings is 2. The number of nitrogens with zero attached hydrogens (tertiary/aromatic N) is 4. The average molecular weight is 692 g/mol. The highest BCUT2D eigenvalue weighted by molar-refractivity contribution is 5.91. The number of benzene rings is 2. The summed E-state index contributed by atoms with van der Waals surface area (Å²) in [4.78, 5) is 60.0. The largest absolute Gasteiger partial charge is 0.507 e. The van der Waals surface area contributed by atoms with Gasteiger partial charge in [0.05, 0.1) is 0 Å². The van der Waals surface area contributed by atoms with Crippen LogP contribution in [0.4, 0.5) is 15.3 Å². The van der Waals surface area contributed by atoms with E-state index in [9.17, 15) is 29.4 Å². The second-order valence-electron chi connectivity index (χ2n) is 14.0. The van der Waals surface area contributed by atoms with Crippen molar-refractivity contribution in [3.05, 3.63) is 58.7 Å². The van der Waals surface area contributed by atoms with E-state index in [1.54, 1.807) is 28.5 Å². The van der Waals surface area contributed by atoms with E-state index in [0.29, 0.717) is 69.5 Å². The molecule has 3 aliphatic heterocycles. The number of fused-ring (bicyclic) bond motifs is 1. The molecule has 1 unspecified atom stereocenters. The number of nitrogens with one attached hydrogen (secondary N) is 1. The molecule has 50 heavy (non-hydrogen) atoms. The maximum Gasteiger partial charge on any atom is 0.410 e. The summed E-state index contributed by atoms with van der Waals surface area (Å²) in [5, 5.41) is 23.2. The Kier molecular flexibility index (Phi) is 12.3. The Bertz CT molecular complexity index is 1520. The van der Waals surface area contributed by atoms with Gasteiger partial charge in [0.25, 0.3) is 5.91 Å². The minimum atomic E-state index is -1.08. The van der Waals surface area contributed by atoms with Crippen molar-refractivity contribution < 1.29 is 34.1 Å². The summed E-state index contributed by atoms with van der Waals surface area (Å²) in [7, 11) is 0. The molecule has 3 atom stereocenters. The second-order valence-corrected chi connectivity index (χ2v) is 14.0. The minimum Gasteiger partial charge on any atom is -0.507 e. The van der Waals surface area contributed by atoms with Gasteiger partial charge in [0.15, 0.2) is 6.10 Å². The molecule has 12 heteroatoms. The number of carboxylic acid groups (broad SMARTS) is 1. The summed E-state index contributed by atoms with van der Waals surface area (Å²) in [6.45, 7) is 10.4. The van der Waals surface area contributed by atoms with Crippen molar-refractivity contribution in [1.29, 1.82) is 0 Å². The smallest absolute Gasteiger partial charge is 0.410 e. The maximum absolute atomic E-state index is 14.1. The highest BCUT2D eigenvalue weighted by Crippen LogP contribution is 2.28. The second kappa shape index (κ2) is 16.6. The Morgan fingerprint density at radius 3 is 2.40 bits per heavy atom. The molecule has 12 nitrogen and oxygen atoms in total. The fourth-order valence-electron chi connectivity index (χ4n) is 7.72. The lowest BCUT2D eigenvalue weighted by Crippen LogP contribution is -2.55. The van der Waals surface area contributed by atoms with Crippen LogP contribution in [0, 0.1) is 13.8 Å². The molecule has 0 aliphatic carbocycles. The lowest BCUT2D eigenvalue weighted by Gasteiger charge is -2.43. The van der Waals surface area contributed by atoms with Gasteiger partial charge in [-0.25, -0.2) is 9.59 Å². The van der Waals surface area contributed by atoms with E-state index in [0.717, 1.165) is 42.6 Å². The number of carbonyl (C=O) groups is 4. The van der Waals surface area contributed by atoms with Crippen LogP contribution in [0.3, 0.4) is 0 Å². The first kappa shape index (κ1) is 36.9. The summed E-state index contributed by atoms with van der Waals surface area (Å²) in [5.74, 6) is -0.870. The molecule has 0 saturated carbocycles. The third-order valence-corrected chi connectivity index (χ3v) is 10.7. The van der Waals surface area contributed by atoms with Crippen molar-refractivity contribution in [2.24, 2.45) is 0 Å². The molecule has 0 radical (unpaired) electrons. The van der Waals surface area contributed by atoms with Crippen LogP contribution in [-0.2, 0) is 27.2 Å². The van der Waals surface area contributed by atoms with Crippen LogP contribution in [0.1, 0.15) is 74.6 Å². The van der Waals surface area contributed by atoms with Crippen LogP contribution in [0.25, 0.3) is 0 Å². The SMILES string of the molecule is CCN(CCC(C)N1CCc2ccccc2NC1=O)C(=O)O[C@H](Cc1cc(C)c(O)c(C)c1)C(=O)N1CCC(N2CCCC[C@@H]2C(=O)O)CC1. The van der Waals surface area contributed by atoms with Crippen LogP contribution in [-0.4, -0.2) is 117 Å². The number of phenolic OH excluding ortho intramolecular Hbond substituents is 1. The summed E-state index contributed by atoms with van der Waals surface area (Å²) in [5.41, 5.74) is 4.04. The van der Waals surface area contributed by atoms with Gasteiger partial charge in [0, 0.05) is 56.9 Å². The number of hydrogen-bond donors (Lipinski definition) is 3. The van der Waals surface area contributed by atoms with Crippen LogP contribution in [0.2, 0.25) is 0 Å². The first-order valence-corrected chi connectivity index (χ1v) is 18.1. The molecule has 2 saturated heterocycles. The number of phenols is 1. The number of likely N-dealkylation sites (tertiary alicyclic amines) is 2. The number of ether oxygens (including phenoxy) is 1. The molecular weight excluding hydrogens is 638 g/mol. The first-order valence-electron chi connectivity index (χ1n) is 18.1. The topological polar surface area (TPSA) is 143 Å². The van der Waals surface area contributed by atoms with Crippen molar-refractivity contribution in [2.45, 2.75) is 103 Å². The fourth-order valence-corrected chi connectivity index (χ4v) is 7.72. The van der Waals surface area contributed by atoms with Crippen LogP contribution < -0.4 is 5.32 Å². The molecule has 3 N–H and O–H groups in total. The van der Waals surface area contributed by atoms with Gasteiger partial charge in [-0.3, -0.25) is 14.5 Å². The number of carboxylic acids is 1. The Labute approximate surface area is 295 Å². The predicted octanol–water partition coefficient (Wildman–Crippen LogP) is 5.18. The van der Waals surface area contributed by atoms with Gasteiger partial charge in [0.2, 0.25) is 0 Å². The van der Waals surface area contributed by atoms with Crippen molar-refractivity contribution >= 4 is 29.7 Å². The third kappa shape index (κ3) is 8.69. The quantitative estimate of drug-likeness (QED) is 0.293. The first-order chi connectivity index (χ1) is 24.0. The molecular formula is C38H53N5O7. The number of aromatic hydroxyl groups is 1. The van der Waals surface area contributed by atoms with Gasteiger partial charge < -0.3 is 35.0 Å². The number of para-hydroxylation sites is 1. The Balaban J connectivity index is 1.24. The highest BCUT2D eigenvalue weighted by Gasteiger charge is 2.38. The lowest BCUT2D eigenvalue weighted by molar-refractivity contribution is -0.148. The van der Waals surface area contributed by atoms with Crippen LogP contribution in [0.15, 0.2) is 36.4 Å². The summed E-state index contributed by atoms with van der Waals surface area (Å²) >= 11 is 0. The molecule has 2 aromatic rings. The van der Waals surface area contributed by atoms with Crippen molar-refractivity contribution in [1.82, 2.24) is 19.6 Å². The number of urea groups is 1. The molecule has 0 spiro atoms. The zero-order valence-corrected chi connectivity index (χ0v) is 29.9. The standard InChI is InChI=1S/C38H53N5O7/c1-5-40(18-13-27(4)42-21-14-29-10-6-7-11-31(29)39-37(42)48)38(49)50-33(24-28-22-25(2)34(44)26(3)23-28)35(45)41-19-15-30(16-20-41)43-17-9-8-12-32(43)36(46)47/h6-7,10-11,22-23,27,30,32-33,44H,5,8-9,12-21,24H2,1-4H3,(H,39,48)(H,46,47)/t27?,32-,33-/m1/s1. The predicted molar refractivity (Wildman–Crippen MR) is 190 cm³/mol. The zero-order valence-electron chi connectivity index (χ0n) is 29.9. The number of aryl methyl sites for hydroxylation is 2. The third-order valence-electron chi connectivity index (χ3n) is 10.7. The number of amides is 4. The summed E-state index contributed by atoms with van der Waals surface area (Å²) in [6.07, 6.45) is 3.58. The Morgan fingerprint density at radius 1 is 1.02 bits per heavy atom. The van der Waals surface area contributed by atoms with E-state index in [1.807, 2.05) is 50.2 Å². The number of hydrogen-bond acceptors (Lipinski definition) is 7. The Hall–Kier alpha value is -4.32. The Morgan fingerprint density at radius 2 is 1.72 bits per heavy atom. The number of anilines is 1. The van der Waals surface area contributed by atoms with Crippen LogP contribution >= 0.6 is 0 Å². The average Bonchev–Trinajstić information content (AvgIpc) is 3.28. The molecule has 0 aromatic heterocycles. The van der Waals surface area contributed by atoms with E-state index in [2.05, 4.69) is 10.2 Å². The minimum absolute atomic E-state index is 0.0851. The molecule has 272 valence electrons.